The van der Waals surface area contributed by atoms with Crippen LogP contribution in [0, 0.1) is 10.1 Å². The second-order valence-corrected chi connectivity index (χ2v) is 5.15. The van der Waals surface area contributed by atoms with Gasteiger partial charge in [-0.3, -0.25) is 14.9 Å². The van der Waals surface area contributed by atoms with Crippen molar-refractivity contribution in [3.63, 3.8) is 0 Å². The van der Waals surface area contributed by atoms with E-state index < -0.39 is 10.8 Å². The van der Waals surface area contributed by atoms with Gasteiger partial charge in [0.1, 0.15) is 5.82 Å². The molecule has 0 atom stereocenters. The molecule has 3 rings (SSSR count). The summed E-state index contributed by atoms with van der Waals surface area (Å²) in [6.45, 7) is 0. The summed E-state index contributed by atoms with van der Waals surface area (Å²) >= 11 is 0. The second kappa shape index (κ2) is 6.75. The standard InChI is InChI=1S/C17H13N5O3/c18-16-13-3-1-2-4-14(13)17(19-16)21-20-15(23)10-7-11-5-8-12(9-6-11)22(24)25/h1-10,19H,18H2/b10-7+,21-20?. The molecular weight excluding hydrogens is 322 g/mol. The molecule has 0 aliphatic rings. The number of azo groups is 1. The molecule has 1 heterocycles. The Labute approximate surface area is 141 Å². The molecule has 0 fully saturated rings. The summed E-state index contributed by atoms with van der Waals surface area (Å²) in [4.78, 5) is 24.8. The van der Waals surface area contributed by atoms with Gasteiger partial charge in [0.2, 0.25) is 0 Å². The van der Waals surface area contributed by atoms with Crippen LogP contribution < -0.4 is 5.73 Å². The number of nitrogens with two attached hydrogens (primary N) is 1. The molecule has 3 aromatic rings. The predicted molar refractivity (Wildman–Crippen MR) is 94.4 cm³/mol. The minimum absolute atomic E-state index is 0.0145. The summed E-state index contributed by atoms with van der Waals surface area (Å²) in [5.74, 6) is 0.305. The number of carbonyl (C=O) groups is 1. The number of hydrogen-bond donors (Lipinski definition) is 2. The Kier molecular flexibility index (Phi) is 4.34. The number of hydrogen-bond acceptors (Lipinski definition) is 5. The van der Waals surface area contributed by atoms with E-state index in [1.165, 1.54) is 36.4 Å². The number of H-pyrrole nitrogens is 1. The highest BCUT2D eigenvalue weighted by atomic mass is 16.6. The van der Waals surface area contributed by atoms with E-state index in [1.807, 2.05) is 24.3 Å². The van der Waals surface area contributed by atoms with Crippen LogP contribution in [-0.4, -0.2) is 15.8 Å². The van der Waals surface area contributed by atoms with Crippen molar-refractivity contribution in [1.82, 2.24) is 4.98 Å². The molecule has 0 radical (unpaired) electrons. The number of anilines is 1. The van der Waals surface area contributed by atoms with Crippen molar-refractivity contribution in [2.45, 2.75) is 0 Å². The molecule has 0 bridgehead atoms. The number of nitro benzene ring substituents is 1. The number of non-ortho nitro benzene ring substituents is 1. The number of rotatable bonds is 4. The fourth-order valence-electron chi connectivity index (χ4n) is 2.27. The zero-order valence-corrected chi connectivity index (χ0v) is 12.9. The van der Waals surface area contributed by atoms with Crippen LogP contribution in [0.2, 0.25) is 0 Å². The first-order valence-electron chi connectivity index (χ1n) is 7.29. The molecule has 124 valence electrons. The van der Waals surface area contributed by atoms with Crippen LogP contribution in [0.1, 0.15) is 5.56 Å². The molecule has 0 saturated carbocycles. The molecular formula is C17H13N5O3. The van der Waals surface area contributed by atoms with Gasteiger partial charge in [0, 0.05) is 29.0 Å². The minimum atomic E-state index is -0.560. The number of fused-ring (bicyclic) bond motifs is 1. The number of aromatic amines is 1. The monoisotopic (exact) mass is 335 g/mol. The van der Waals surface area contributed by atoms with E-state index in [9.17, 15) is 14.9 Å². The Morgan fingerprint density at radius 1 is 1.12 bits per heavy atom. The maximum atomic E-state index is 11.8. The molecule has 1 amide bonds. The van der Waals surface area contributed by atoms with Crippen molar-refractivity contribution in [2.24, 2.45) is 10.2 Å². The average Bonchev–Trinajstić information content (AvgIpc) is 2.95. The molecule has 3 N–H and O–H groups in total. The van der Waals surface area contributed by atoms with Crippen LogP contribution >= 0.6 is 0 Å². The molecule has 0 aliphatic carbocycles. The van der Waals surface area contributed by atoms with Crippen molar-refractivity contribution in [3.05, 3.63) is 70.3 Å². The van der Waals surface area contributed by atoms with Crippen molar-refractivity contribution >= 4 is 40.1 Å². The minimum Gasteiger partial charge on any atom is -0.385 e. The summed E-state index contributed by atoms with van der Waals surface area (Å²) in [7, 11) is 0. The maximum absolute atomic E-state index is 11.8. The summed E-state index contributed by atoms with van der Waals surface area (Å²) in [6, 6.07) is 13.2. The Balaban J connectivity index is 1.73. The second-order valence-electron chi connectivity index (χ2n) is 5.15. The van der Waals surface area contributed by atoms with Crippen LogP contribution in [0.5, 0.6) is 0 Å². The zero-order chi connectivity index (χ0) is 17.8. The number of carbonyl (C=O) groups excluding carboxylic acids is 1. The number of nitro groups is 1. The van der Waals surface area contributed by atoms with Gasteiger partial charge in [-0.15, -0.1) is 10.2 Å². The lowest BCUT2D eigenvalue weighted by molar-refractivity contribution is -0.384. The predicted octanol–water partition coefficient (Wildman–Crippen LogP) is 3.98. The Morgan fingerprint density at radius 2 is 1.80 bits per heavy atom. The average molecular weight is 335 g/mol. The van der Waals surface area contributed by atoms with E-state index >= 15 is 0 Å². The molecule has 0 unspecified atom stereocenters. The maximum Gasteiger partial charge on any atom is 0.288 e. The van der Waals surface area contributed by atoms with E-state index in [4.69, 9.17) is 5.73 Å². The topological polar surface area (TPSA) is 127 Å². The highest BCUT2D eigenvalue weighted by molar-refractivity contribution is 6.00. The van der Waals surface area contributed by atoms with Gasteiger partial charge >= 0.3 is 0 Å². The van der Waals surface area contributed by atoms with Crippen molar-refractivity contribution in [1.29, 1.82) is 0 Å². The quantitative estimate of drug-likeness (QED) is 0.323. The first kappa shape index (κ1) is 16.1. The number of aromatic nitrogens is 1. The number of nitrogen functional groups attached to an aromatic ring is 1. The summed E-state index contributed by atoms with van der Waals surface area (Å²) in [6.07, 6.45) is 2.74. The van der Waals surface area contributed by atoms with Gasteiger partial charge in [-0.1, -0.05) is 24.3 Å². The SMILES string of the molecule is Nc1[nH]c(N=NC(=O)/C=C/c2ccc([N+](=O)[O-])cc2)c2ccccc12. The molecule has 8 heteroatoms. The fourth-order valence-corrected chi connectivity index (χ4v) is 2.27. The van der Waals surface area contributed by atoms with Crippen molar-refractivity contribution < 1.29 is 9.72 Å². The van der Waals surface area contributed by atoms with Gasteiger partial charge in [0.15, 0.2) is 5.82 Å². The molecule has 0 aliphatic heterocycles. The van der Waals surface area contributed by atoms with Crippen LogP contribution in [0.4, 0.5) is 17.3 Å². The van der Waals surface area contributed by atoms with Crippen LogP contribution in [0.3, 0.4) is 0 Å². The molecule has 1 aromatic heterocycles. The lowest BCUT2D eigenvalue weighted by Crippen LogP contribution is -1.87. The van der Waals surface area contributed by atoms with E-state index in [0.717, 1.165) is 10.8 Å². The number of nitrogens with zero attached hydrogens (tertiary/aromatic N) is 3. The van der Waals surface area contributed by atoms with E-state index in [1.54, 1.807) is 0 Å². The first-order chi connectivity index (χ1) is 12.0. The lowest BCUT2D eigenvalue weighted by Gasteiger charge is -1.93. The third kappa shape index (κ3) is 3.58. The fraction of sp³-hybridized carbons (Fsp3) is 0. The van der Waals surface area contributed by atoms with Gasteiger partial charge in [-0.05, 0) is 23.8 Å². The van der Waals surface area contributed by atoms with E-state index in [-0.39, 0.29) is 5.69 Å². The van der Waals surface area contributed by atoms with Crippen LogP contribution in [0.15, 0.2) is 64.8 Å². The molecule has 8 nitrogen and oxygen atoms in total. The highest BCUT2D eigenvalue weighted by Gasteiger charge is 2.07. The molecule has 2 aromatic carbocycles. The normalized spacial score (nSPS) is 11.5. The number of benzene rings is 2. The Morgan fingerprint density at radius 3 is 2.48 bits per heavy atom. The van der Waals surface area contributed by atoms with Crippen molar-refractivity contribution in [2.75, 3.05) is 5.73 Å². The third-order valence-corrected chi connectivity index (χ3v) is 3.50. The lowest BCUT2D eigenvalue weighted by atomic mass is 10.2. The third-order valence-electron chi connectivity index (χ3n) is 3.50. The summed E-state index contributed by atoms with van der Waals surface area (Å²) < 4.78 is 0. The summed E-state index contributed by atoms with van der Waals surface area (Å²) in [5.41, 5.74) is 6.48. The van der Waals surface area contributed by atoms with Gasteiger partial charge in [-0.2, -0.15) is 0 Å². The molecule has 25 heavy (non-hydrogen) atoms. The smallest absolute Gasteiger partial charge is 0.288 e. The van der Waals surface area contributed by atoms with Gasteiger partial charge in [-0.25, -0.2) is 0 Å². The van der Waals surface area contributed by atoms with E-state index in [0.29, 0.717) is 17.2 Å². The largest absolute Gasteiger partial charge is 0.385 e. The first-order valence-corrected chi connectivity index (χ1v) is 7.29. The van der Waals surface area contributed by atoms with Gasteiger partial charge in [0.05, 0.1) is 4.92 Å². The van der Waals surface area contributed by atoms with Gasteiger partial charge in [0.25, 0.3) is 11.6 Å². The van der Waals surface area contributed by atoms with Crippen molar-refractivity contribution in [3.8, 4) is 0 Å². The Bertz CT molecular complexity index is 1000. The van der Waals surface area contributed by atoms with Crippen LogP contribution in [-0.2, 0) is 4.79 Å². The zero-order valence-electron chi connectivity index (χ0n) is 12.9. The number of amides is 1. The Hall–Kier alpha value is -3.81. The van der Waals surface area contributed by atoms with E-state index in [2.05, 4.69) is 15.2 Å². The molecule has 0 saturated heterocycles. The molecule has 0 spiro atoms. The highest BCUT2D eigenvalue weighted by Crippen LogP contribution is 2.30. The summed E-state index contributed by atoms with van der Waals surface area (Å²) in [5, 5.41) is 19.7. The van der Waals surface area contributed by atoms with Gasteiger partial charge < -0.3 is 10.7 Å². The van der Waals surface area contributed by atoms with Crippen LogP contribution in [0.25, 0.3) is 16.8 Å². The number of nitrogens with one attached hydrogen (secondary N) is 1.